The summed E-state index contributed by atoms with van der Waals surface area (Å²) in [6.07, 6.45) is 1.86. The lowest BCUT2D eigenvalue weighted by molar-refractivity contribution is -0.113. The number of para-hydroxylation sites is 1. The van der Waals surface area contributed by atoms with Crippen LogP contribution in [0.3, 0.4) is 0 Å². The quantitative estimate of drug-likeness (QED) is 0.453. The van der Waals surface area contributed by atoms with Crippen molar-refractivity contribution in [1.82, 2.24) is 0 Å². The highest BCUT2D eigenvalue weighted by molar-refractivity contribution is 8.19. The molecule has 1 unspecified atom stereocenters. The molecule has 6 rings (SSSR count). The number of anilines is 1. The average Bonchev–Trinajstić information content (AvgIpc) is 3.45. The van der Waals surface area contributed by atoms with Crippen LogP contribution in [-0.4, -0.2) is 11.0 Å². The summed E-state index contributed by atoms with van der Waals surface area (Å²) in [7, 11) is 0. The third-order valence-electron chi connectivity index (χ3n) is 6.04. The van der Waals surface area contributed by atoms with Gasteiger partial charge in [0.15, 0.2) is 0 Å². The van der Waals surface area contributed by atoms with E-state index in [1.54, 1.807) is 11.8 Å². The van der Waals surface area contributed by atoms with Crippen LogP contribution in [0, 0.1) is 11.3 Å². The van der Waals surface area contributed by atoms with Gasteiger partial charge in [0.05, 0.1) is 33.2 Å². The molecule has 0 fully saturated rings. The largest absolute Gasteiger partial charge is 0.384 e. The van der Waals surface area contributed by atoms with E-state index in [1.165, 1.54) is 11.8 Å². The number of allylic oxidation sites excluding steroid dienone is 1. The Hall–Kier alpha value is -3.99. The van der Waals surface area contributed by atoms with Gasteiger partial charge in [0.25, 0.3) is 5.91 Å². The molecule has 0 saturated carbocycles. The normalized spacial score (nSPS) is 20.1. The van der Waals surface area contributed by atoms with Crippen molar-refractivity contribution in [3.05, 3.63) is 123 Å². The first-order valence-corrected chi connectivity index (χ1v) is 12.6. The number of hydrogen-bond donors (Lipinski definition) is 1. The number of rotatable bonds is 3. The van der Waals surface area contributed by atoms with Crippen LogP contribution < -0.4 is 10.6 Å². The summed E-state index contributed by atoms with van der Waals surface area (Å²) in [6, 6.07) is 29.9. The van der Waals surface area contributed by atoms with Crippen molar-refractivity contribution in [2.45, 2.75) is 10.8 Å². The SMILES string of the molecule is N#CC1=C(N)N2C(=C(C3=NC(=O)/C(=C\c4ccccc4)S3)C1c1ccccc1)Sc1ccccc12. The molecule has 3 aliphatic rings. The lowest BCUT2D eigenvalue weighted by atomic mass is 9.83. The molecule has 0 saturated heterocycles. The van der Waals surface area contributed by atoms with E-state index in [-0.39, 0.29) is 5.91 Å². The minimum absolute atomic E-state index is 0.276. The zero-order valence-electron chi connectivity index (χ0n) is 18.4. The molecule has 1 amide bonds. The second kappa shape index (κ2) is 8.66. The number of nitriles is 1. The Morgan fingerprint density at radius 3 is 2.37 bits per heavy atom. The van der Waals surface area contributed by atoms with Gasteiger partial charge in [-0.2, -0.15) is 5.26 Å². The van der Waals surface area contributed by atoms with Crippen LogP contribution in [-0.2, 0) is 4.79 Å². The molecule has 7 heteroatoms. The van der Waals surface area contributed by atoms with E-state index >= 15 is 0 Å². The number of nitrogens with zero attached hydrogens (tertiary/aromatic N) is 3. The highest BCUT2D eigenvalue weighted by Gasteiger charge is 2.43. The average molecular weight is 491 g/mol. The molecule has 0 bridgehead atoms. The number of fused-ring (bicyclic) bond motifs is 3. The number of benzene rings is 3. The number of amides is 1. The Morgan fingerprint density at radius 1 is 0.943 bits per heavy atom. The van der Waals surface area contributed by atoms with Crippen LogP contribution >= 0.6 is 23.5 Å². The predicted octanol–water partition coefficient (Wildman–Crippen LogP) is 6.01. The van der Waals surface area contributed by atoms with Crippen molar-refractivity contribution >= 4 is 46.2 Å². The van der Waals surface area contributed by atoms with Gasteiger partial charge >= 0.3 is 0 Å². The maximum atomic E-state index is 13.0. The van der Waals surface area contributed by atoms with Gasteiger partial charge in [-0.25, -0.2) is 4.99 Å². The van der Waals surface area contributed by atoms with E-state index < -0.39 is 5.92 Å². The molecular weight excluding hydrogens is 472 g/mol. The summed E-state index contributed by atoms with van der Waals surface area (Å²) in [5.41, 5.74) is 10.7. The second-order valence-corrected chi connectivity index (χ2v) is 10.2. The minimum atomic E-state index is -0.426. The molecule has 0 aliphatic carbocycles. The van der Waals surface area contributed by atoms with Crippen molar-refractivity contribution in [3.63, 3.8) is 0 Å². The third-order valence-corrected chi connectivity index (χ3v) is 8.22. The van der Waals surface area contributed by atoms with Gasteiger partial charge < -0.3 is 5.73 Å². The summed E-state index contributed by atoms with van der Waals surface area (Å²) < 4.78 is 0. The molecule has 3 aromatic carbocycles. The first-order valence-electron chi connectivity index (χ1n) is 11.0. The van der Waals surface area contributed by atoms with Gasteiger partial charge in [-0.3, -0.25) is 9.69 Å². The van der Waals surface area contributed by atoms with Crippen LogP contribution in [0.25, 0.3) is 6.08 Å². The highest BCUT2D eigenvalue weighted by Crippen LogP contribution is 2.56. The van der Waals surface area contributed by atoms with Crippen molar-refractivity contribution in [2.24, 2.45) is 10.7 Å². The molecule has 1 atom stereocenters. The van der Waals surface area contributed by atoms with Crippen LogP contribution in [0.2, 0.25) is 0 Å². The van der Waals surface area contributed by atoms with Crippen LogP contribution in [0.4, 0.5) is 5.69 Å². The van der Waals surface area contributed by atoms with Gasteiger partial charge in [-0.05, 0) is 29.3 Å². The first kappa shape index (κ1) is 21.5. The van der Waals surface area contributed by atoms with Crippen molar-refractivity contribution in [1.29, 1.82) is 5.26 Å². The summed E-state index contributed by atoms with van der Waals surface area (Å²) in [5, 5.41) is 11.7. The Morgan fingerprint density at radius 2 is 1.63 bits per heavy atom. The molecule has 0 spiro atoms. The summed E-state index contributed by atoms with van der Waals surface area (Å²) in [5.74, 6) is -0.293. The summed E-state index contributed by atoms with van der Waals surface area (Å²) in [6.45, 7) is 0. The minimum Gasteiger partial charge on any atom is -0.384 e. The smallest absolute Gasteiger partial charge is 0.284 e. The zero-order valence-corrected chi connectivity index (χ0v) is 20.0. The van der Waals surface area contributed by atoms with Crippen LogP contribution in [0.1, 0.15) is 17.0 Å². The molecular formula is C28H18N4OS2. The molecule has 3 heterocycles. The monoisotopic (exact) mass is 490 g/mol. The van der Waals surface area contributed by atoms with Crippen LogP contribution in [0.5, 0.6) is 0 Å². The van der Waals surface area contributed by atoms with E-state index in [0.717, 1.165) is 32.3 Å². The zero-order chi connectivity index (χ0) is 23.9. The Kier molecular flexibility index (Phi) is 5.33. The molecule has 3 aliphatic heterocycles. The second-order valence-electron chi connectivity index (χ2n) is 8.12. The molecule has 0 radical (unpaired) electrons. The maximum Gasteiger partial charge on any atom is 0.284 e. The van der Waals surface area contributed by atoms with E-state index in [1.807, 2.05) is 95.9 Å². The molecule has 35 heavy (non-hydrogen) atoms. The number of carbonyl (C=O) groups is 1. The van der Waals surface area contributed by atoms with Crippen molar-refractivity contribution in [3.8, 4) is 6.07 Å². The molecule has 0 aromatic heterocycles. The lowest BCUT2D eigenvalue weighted by Gasteiger charge is -2.34. The van der Waals surface area contributed by atoms with Crippen LogP contribution in [0.15, 0.2) is 122 Å². The van der Waals surface area contributed by atoms with Gasteiger partial charge in [0, 0.05) is 10.5 Å². The van der Waals surface area contributed by atoms with E-state index in [2.05, 4.69) is 11.1 Å². The Balaban J connectivity index is 1.53. The summed E-state index contributed by atoms with van der Waals surface area (Å²) >= 11 is 2.94. The predicted molar refractivity (Wildman–Crippen MR) is 142 cm³/mol. The number of carbonyl (C=O) groups excluding carboxylic acids is 1. The first-order chi connectivity index (χ1) is 17.2. The van der Waals surface area contributed by atoms with Gasteiger partial charge in [-0.15, -0.1) is 0 Å². The molecule has 2 N–H and O–H groups in total. The van der Waals surface area contributed by atoms with Crippen molar-refractivity contribution < 1.29 is 4.79 Å². The number of thioether (sulfide) groups is 2. The maximum absolute atomic E-state index is 13.0. The van der Waals surface area contributed by atoms with Crippen molar-refractivity contribution in [2.75, 3.05) is 4.90 Å². The van der Waals surface area contributed by atoms with E-state index in [4.69, 9.17) is 5.73 Å². The van der Waals surface area contributed by atoms with E-state index in [0.29, 0.717) is 21.3 Å². The van der Waals surface area contributed by atoms with Gasteiger partial charge in [0.2, 0.25) is 0 Å². The lowest BCUT2D eigenvalue weighted by Crippen LogP contribution is -2.33. The number of hydrogen-bond acceptors (Lipinski definition) is 6. The summed E-state index contributed by atoms with van der Waals surface area (Å²) in [4.78, 5) is 21.0. The third kappa shape index (κ3) is 3.59. The highest BCUT2D eigenvalue weighted by atomic mass is 32.2. The topological polar surface area (TPSA) is 82.5 Å². The molecule has 5 nitrogen and oxygen atoms in total. The fourth-order valence-corrected chi connectivity index (χ4v) is 6.76. The fourth-order valence-electron chi connectivity index (χ4n) is 4.48. The van der Waals surface area contributed by atoms with E-state index in [9.17, 15) is 10.1 Å². The number of nitrogens with two attached hydrogens (primary N) is 1. The standard InChI is InChI=1S/C28H18N4OS2/c29-16-19-23(18-11-5-2-6-12-18)24(28-32(25(19)30)20-13-7-8-14-21(20)35-28)27-31-26(33)22(34-27)15-17-9-3-1-4-10-17/h1-15,23H,30H2/b22-15+. The Bertz CT molecular complexity index is 1530. The molecule has 168 valence electrons. The number of aliphatic imine (C=N–C) groups is 1. The fraction of sp³-hybridized carbons (Fsp3) is 0.0357. The van der Waals surface area contributed by atoms with Gasteiger partial charge in [-0.1, -0.05) is 96.3 Å². The van der Waals surface area contributed by atoms with Gasteiger partial charge in [0.1, 0.15) is 10.9 Å². The molecule has 3 aromatic rings. The Labute approximate surface area is 211 Å².